The van der Waals surface area contributed by atoms with E-state index in [0.717, 1.165) is 25.7 Å². The summed E-state index contributed by atoms with van der Waals surface area (Å²) >= 11 is 0. The molecule has 0 aromatic carbocycles. The van der Waals surface area contributed by atoms with Gasteiger partial charge in [0.05, 0.1) is 0 Å². The minimum atomic E-state index is -0.238. The number of carbonyl (C=O) groups excluding carboxylic acids is 1. The van der Waals surface area contributed by atoms with Gasteiger partial charge in [0.1, 0.15) is 5.60 Å². The van der Waals surface area contributed by atoms with Crippen molar-refractivity contribution < 1.29 is 9.53 Å². The first-order valence-electron chi connectivity index (χ1n) is 8.84. The maximum absolute atomic E-state index is 12.1. The third-order valence-corrected chi connectivity index (χ3v) is 4.60. The van der Waals surface area contributed by atoms with Crippen LogP contribution in [0.3, 0.4) is 0 Å². The van der Waals surface area contributed by atoms with Gasteiger partial charge in [-0.05, 0) is 51.4 Å². The van der Waals surface area contributed by atoms with Crippen LogP contribution < -0.4 is 0 Å². The first-order valence-corrected chi connectivity index (χ1v) is 8.84. The summed E-state index contributed by atoms with van der Waals surface area (Å²) in [6.07, 6.45) is 13.1. The van der Waals surface area contributed by atoms with Crippen molar-refractivity contribution in [3.63, 3.8) is 0 Å². The highest BCUT2D eigenvalue weighted by atomic mass is 16.6. The molecule has 0 aromatic rings. The number of hydrogen-bond donors (Lipinski definition) is 0. The maximum atomic E-state index is 12.1. The molecule has 0 N–H and O–H groups in total. The molecular formula is C19H34O2. The van der Waals surface area contributed by atoms with Crippen molar-refractivity contribution in [1.82, 2.24) is 0 Å². The Kier molecular flexibility index (Phi) is 8.06. The second kappa shape index (κ2) is 9.27. The first-order chi connectivity index (χ1) is 9.95. The van der Waals surface area contributed by atoms with Crippen molar-refractivity contribution in [2.24, 2.45) is 5.92 Å². The van der Waals surface area contributed by atoms with Crippen molar-refractivity contribution in [3.8, 4) is 0 Å². The predicted molar refractivity (Wildman–Crippen MR) is 89.3 cm³/mol. The second-order valence-electron chi connectivity index (χ2n) is 7.26. The Bertz CT molecular complexity index is 320. The van der Waals surface area contributed by atoms with Gasteiger partial charge in [-0.3, -0.25) is 0 Å². The minimum Gasteiger partial charge on any atom is -0.456 e. The Morgan fingerprint density at radius 2 is 1.52 bits per heavy atom. The molecule has 122 valence electrons. The van der Waals surface area contributed by atoms with Gasteiger partial charge < -0.3 is 4.74 Å². The number of carbonyl (C=O) groups is 1. The van der Waals surface area contributed by atoms with Gasteiger partial charge in [-0.15, -0.1) is 0 Å². The van der Waals surface area contributed by atoms with E-state index in [4.69, 9.17) is 4.74 Å². The van der Waals surface area contributed by atoms with Gasteiger partial charge in [-0.2, -0.15) is 0 Å². The molecule has 0 heterocycles. The van der Waals surface area contributed by atoms with Gasteiger partial charge in [0.2, 0.25) is 0 Å². The Morgan fingerprint density at radius 3 is 1.95 bits per heavy atom. The van der Waals surface area contributed by atoms with Crippen molar-refractivity contribution in [1.29, 1.82) is 0 Å². The molecule has 1 rings (SSSR count). The van der Waals surface area contributed by atoms with E-state index in [2.05, 4.69) is 20.4 Å². The number of ether oxygens (including phenoxy) is 1. The molecule has 1 aliphatic carbocycles. The number of hydrogen-bond acceptors (Lipinski definition) is 2. The van der Waals surface area contributed by atoms with Crippen LogP contribution in [0.1, 0.15) is 91.4 Å². The normalized spacial score (nSPS) is 20.0. The molecule has 0 spiro atoms. The second-order valence-corrected chi connectivity index (χ2v) is 7.26. The Morgan fingerprint density at radius 1 is 1.05 bits per heavy atom. The lowest BCUT2D eigenvalue weighted by atomic mass is 9.83. The average molecular weight is 294 g/mol. The molecule has 0 saturated heterocycles. The van der Waals surface area contributed by atoms with Crippen LogP contribution in [0.4, 0.5) is 0 Å². The lowest BCUT2D eigenvalue weighted by Gasteiger charge is -2.35. The highest BCUT2D eigenvalue weighted by molar-refractivity contribution is 5.87. The third kappa shape index (κ3) is 7.15. The van der Waals surface area contributed by atoms with Crippen LogP contribution in [0.5, 0.6) is 0 Å². The molecule has 1 fully saturated rings. The van der Waals surface area contributed by atoms with E-state index in [1.807, 2.05) is 0 Å². The quantitative estimate of drug-likeness (QED) is 0.473. The van der Waals surface area contributed by atoms with Crippen molar-refractivity contribution >= 4 is 5.97 Å². The molecule has 21 heavy (non-hydrogen) atoms. The van der Waals surface area contributed by atoms with E-state index in [1.54, 1.807) is 6.92 Å². The fourth-order valence-corrected chi connectivity index (χ4v) is 3.14. The molecule has 1 saturated carbocycles. The summed E-state index contributed by atoms with van der Waals surface area (Å²) in [5.41, 5.74) is 0.286. The molecule has 0 radical (unpaired) electrons. The smallest absolute Gasteiger partial charge is 0.333 e. The third-order valence-electron chi connectivity index (χ3n) is 4.60. The zero-order chi connectivity index (χ0) is 15.7. The van der Waals surface area contributed by atoms with E-state index in [9.17, 15) is 4.79 Å². The number of esters is 1. The summed E-state index contributed by atoms with van der Waals surface area (Å²) in [7, 11) is 0. The lowest BCUT2D eigenvalue weighted by molar-refractivity contribution is -0.158. The number of rotatable bonds is 5. The molecule has 2 heteroatoms. The monoisotopic (exact) mass is 294 g/mol. The fourth-order valence-electron chi connectivity index (χ4n) is 3.14. The summed E-state index contributed by atoms with van der Waals surface area (Å²) < 4.78 is 5.98. The van der Waals surface area contributed by atoms with E-state index in [0.29, 0.717) is 11.5 Å². The highest BCUT2D eigenvalue weighted by Crippen LogP contribution is 2.34. The summed E-state index contributed by atoms with van der Waals surface area (Å²) in [5.74, 6) is 0.455. The van der Waals surface area contributed by atoms with Crippen molar-refractivity contribution in [2.45, 2.75) is 97.0 Å². The average Bonchev–Trinajstić information content (AvgIpc) is 2.43. The van der Waals surface area contributed by atoms with Gasteiger partial charge in [-0.1, -0.05) is 52.5 Å². The van der Waals surface area contributed by atoms with Crippen molar-refractivity contribution in [3.05, 3.63) is 12.2 Å². The zero-order valence-corrected chi connectivity index (χ0v) is 14.4. The zero-order valence-electron chi connectivity index (χ0n) is 14.4. The molecule has 0 aromatic heterocycles. The van der Waals surface area contributed by atoms with E-state index in [-0.39, 0.29) is 11.6 Å². The van der Waals surface area contributed by atoms with E-state index >= 15 is 0 Å². The Hall–Kier alpha value is -0.790. The van der Waals surface area contributed by atoms with Crippen LogP contribution >= 0.6 is 0 Å². The van der Waals surface area contributed by atoms with Crippen LogP contribution in [-0.4, -0.2) is 11.6 Å². The molecule has 0 unspecified atom stereocenters. The minimum absolute atomic E-state index is 0.198. The van der Waals surface area contributed by atoms with E-state index in [1.165, 1.54) is 44.9 Å². The van der Waals surface area contributed by atoms with E-state index < -0.39 is 0 Å². The van der Waals surface area contributed by atoms with Gasteiger partial charge in [0.15, 0.2) is 0 Å². The lowest BCUT2D eigenvalue weighted by Crippen LogP contribution is -2.36. The van der Waals surface area contributed by atoms with Crippen LogP contribution in [0.25, 0.3) is 0 Å². The topological polar surface area (TPSA) is 26.3 Å². The Labute approximate surface area is 131 Å². The first kappa shape index (κ1) is 18.3. The molecule has 0 aliphatic heterocycles. The molecule has 0 bridgehead atoms. The van der Waals surface area contributed by atoms with Gasteiger partial charge >= 0.3 is 5.97 Å². The molecular weight excluding hydrogens is 260 g/mol. The van der Waals surface area contributed by atoms with Gasteiger partial charge in [0.25, 0.3) is 0 Å². The predicted octanol–water partition coefficient (Wildman–Crippen LogP) is 5.81. The van der Waals surface area contributed by atoms with Crippen LogP contribution in [0, 0.1) is 5.92 Å². The molecule has 0 atom stereocenters. The molecule has 1 aliphatic rings. The highest BCUT2D eigenvalue weighted by Gasteiger charge is 2.33. The van der Waals surface area contributed by atoms with Gasteiger partial charge in [0, 0.05) is 5.57 Å². The standard InChI is InChI=1S/C19H34O2/c1-16(2)12-15-19(21-18(20)17(3)4)13-10-8-6-5-7-9-11-14-19/h16H,3,5-15H2,1-2,4H3. The summed E-state index contributed by atoms with van der Waals surface area (Å²) in [4.78, 5) is 12.1. The largest absolute Gasteiger partial charge is 0.456 e. The van der Waals surface area contributed by atoms with Gasteiger partial charge in [-0.25, -0.2) is 4.79 Å². The summed E-state index contributed by atoms with van der Waals surface area (Å²) in [6.45, 7) is 9.99. The van der Waals surface area contributed by atoms with Crippen LogP contribution in [-0.2, 0) is 9.53 Å². The van der Waals surface area contributed by atoms with Crippen molar-refractivity contribution in [2.75, 3.05) is 0 Å². The van der Waals surface area contributed by atoms with Crippen LogP contribution in [0.15, 0.2) is 12.2 Å². The molecule has 2 nitrogen and oxygen atoms in total. The summed E-state index contributed by atoms with van der Waals surface area (Å²) in [5, 5.41) is 0. The Balaban J connectivity index is 2.77. The van der Waals surface area contributed by atoms with Crippen LogP contribution in [0.2, 0.25) is 0 Å². The molecule has 0 amide bonds. The summed E-state index contributed by atoms with van der Waals surface area (Å²) in [6, 6.07) is 0. The fraction of sp³-hybridized carbons (Fsp3) is 0.842. The maximum Gasteiger partial charge on any atom is 0.333 e. The SMILES string of the molecule is C=C(C)C(=O)OC1(CCC(C)C)CCCCCCCCC1.